The Bertz CT molecular complexity index is 1190. The van der Waals surface area contributed by atoms with Crippen LogP contribution in [-0.2, 0) is 11.2 Å². The number of halogens is 4. The maximum Gasteiger partial charge on any atom is 0.150 e. The molecule has 5 rings (SSSR count). The molecule has 3 aromatic carbocycles. The smallest absolute Gasteiger partial charge is 0.150 e. The Morgan fingerprint density at radius 3 is 2.26 bits per heavy atom. The number of rotatable bonds is 4. The van der Waals surface area contributed by atoms with Gasteiger partial charge in [-0.05, 0) is 59.8 Å². The summed E-state index contributed by atoms with van der Waals surface area (Å²) in [5.41, 5.74) is 2.33. The van der Waals surface area contributed by atoms with Crippen molar-refractivity contribution in [2.24, 2.45) is 11.1 Å². The van der Waals surface area contributed by atoms with Crippen molar-refractivity contribution < 1.29 is 22.4 Å². The van der Waals surface area contributed by atoms with Gasteiger partial charge in [-0.2, -0.15) is 0 Å². The summed E-state index contributed by atoms with van der Waals surface area (Å²) in [6.07, 6.45) is 1.71. The van der Waals surface area contributed by atoms with E-state index in [2.05, 4.69) is 4.90 Å². The van der Waals surface area contributed by atoms with Crippen LogP contribution in [0.1, 0.15) is 5.56 Å². The van der Waals surface area contributed by atoms with Gasteiger partial charge in [0.1, 0.15) is 35.2 Å². The second-order valence-corrected chi connectivity index (χ2v) is 8.95. The minimum atomic E-state index is -0.752. The molecule has 0 radical (unpaired) electrons. The van der Waals surface area contributed by atoms with Gasteiger partial charge in [0.15, 0.2) is 0 Å². The van der Waals surface area contributed by atoms with Gasteiger partial charge >= 0.3 is 0 Å². The number of hydrogen-bond donors (Lipinski definition) is 1. The zero-order chi connectivity index (χ0) is 24.4. The lowest BCUT2D eigenvalue weighted by molar-refractivity contribution is -0.111. The minimum Gasteiger partial charge on any atom is -0.374 e. The highest BCUT2D eigenvalue weighted by molar-refractivity contribution is 7.97. The van der Waals surface area contributed by atoms with Crippen LogP contribution in [0.4, 0.5) is 28.9 Å². The standard InChI is InChI=1S/C16H12F3NO.C9H11FN2S/c17-13-4-2-1-3-12(13)11-5-14(18)16(15(19)6-11)20-7-10(8-20)9-21;1-12-3-2-6-4-7(10)9(13-11)5-8(6)12/h1-6,9-10H,7-8H2;4-5H,2-3,11H2,1H3. The molecule has 0 unspecified atom stereocenters. The van der Waals surface area contributed by atoms with Crippen LogP contribution in [-0.4, -0.2) is 33.0 Å². The molecule has 4 nitrogen and oxygen atoms in total. The van der Waals surface area contributed by atoms with Crippen LogP contribution in [0.2, 0.25) is 0 Å². The molecule has 178 valence electrons. The van der Waals surface area contributed by atoms with Gasteiger partial charge in [0.2, 0.25) is 0 Å². The molecule has 0 atom stereocenters. The van der Waals surface area contributed by atoms with E-state index in [9.17, 15) is 22.4 Å². The molecule has 3 aromatic rings. The third kappa shape index (κ3) is 4.76. The van der Waals surface area contributed by atoms with Crippen LogP contribution in [0.3, 0.4) is 0 Å². The number of nitrogens with two attached hydrogens (primary N) is 1. The number of hydrogen-bond acceptors (Lipinski definition) is 5. The zero-order valence-electron chi connectivity index (χ0n) is 18.4. The fourth-order valence-corrected chi connectivity index (χ4v) is 4.49. The summed E-state index contributed by atoms with van der Waals surface area (Å²) in [4.78, 5) is 14.7. The van der Waals surface area contributed by atoms with Crippen LogP contribution in [0.5, 0.6) is 0 Å². The maximum absolute atomic E-state index is 14.1. The summed E-state index contributed by atoms with van der Waals surface area (Å²) in [5, 5.41) is 5.35. The summed E-state index contributed by atoms with van der Waals surface area (Å²) >= 11 is 0.962. The Morgan fingerprint density at radius 1 is 0.971 bits per heavy atom. The van der Waals surface area contributed by atoms with E-state index in [4.69, 9.17) is 5.14 Å². The number of likely N-dealkylation sites (N-methyl/N-ethyl adjacent to an activating group) is 1. The van der Waals surface area contributed by atoms with Crippen molar-refractivity contribution in [3.8, 4) is 11.1 Å². The van der Waals surface area contributed by atoms with Crippen molar-refractivity contribution in [3.05, 3.63) is 77.4 Å². The van der Waals surface area contributed by atoms with Gasteiger partial charge in [-0.1, -0.05) is 18.2 Å². The minimum absolute atomic E-state index is 0.149. The number of fused-ring (bicyclic) bond motifs is 1. The number of benzene rings is 3. The van der Waals surface area contributed by atoms with Gasteiger partial charge in [-0.25, -0.2) is 17.6 Å². The highest BCUT2D eigenvalue weighted by Gasteiger charge is 2.30. The maximum atomic E-state index is 14.1. The number of aldehydes is 1. The molecule has 34 heavy (non-hydrogen) atoms. The van der Waals surface area contributed by atoms with E-state index in [1.807, 2.05) is 13.1 Å². The monoisotopic (exact) mass is 489 g/mol. The Kier molecular flexibility index (Phi) is 7.13. The van der Waals surface area contributed by atoms with E-state index in [1.54, 1.807) is 12.1 Å². The van der Waals surface area contributed by atoms with Crippen LogP contribution in [0, 0.1) is 29.2 Å². The topological polar surface area (TPSA) is 49.6 Å². The van der Waals surface area contributed by atoms with E-state index in [1.165, 1.54) is 23.1 Å². The zero-order valence-corrected chi connectivity index (χ0v) is 19.2. The third-order valence-electron chi connectivity index (χ3n) is 6.01. The number of nitrogens with zero attached hydrogens (tertiary/aromatic N) is 2. The van der Waals surface area contributed by atoms with Crippen molar-refractivity contribution in [2.45, 2.75) is 11.3 Å². The second-order valence-electron chi connectivity index (χ2n) is 8.27. The number of carbonyl (C=O) groups excluding carboxylic acids is 1. The highest BCUT2D eigenvalue weighted by Crippen LogP contribution is 2.34. The second kappa shape index (κ2) is 10.1. The van der Waals surface area contributed by atoms with Crippen LogP contribution >= 0.6 is 11.9 Å². The van der Waals surface area contributed by atoms with Crippen molar-refractivity contribution in [3.63, 3.8) is 0 Å². The highest BCUT2D eigenvalue weighted by atomic mass is 32.2. The first-order valence-corrected chi connectivity index (χ1v) is 11.5. The van der Waals surface area contributed by atoms with Crippen molar-refractivity contribution >= 4 is 29.6 Å². The number of anilines is 2. The van der Waals surface area contributed by atoms with Crippen LogP contribution < -0.4 is 14.9 Å². The first-order chi connectivity index (χ1) is 16.3. The Morgan fingerprint density at radius 2 is 1.65 bits per heavy atom. The molecular weight excluding hydrogens is 466 g/mol. The molecular formula is C25H23F4N3OS. The molecule has 2 heterocycles. The lowest BCUT2D eigenvalue weighted by Gasteiger charge is -2.38. The fourth-order valence-electron chi connectivity index (χ4n) is 4.14. The summed E-state index contributed by atoms with van der Waals surface area (Å²) in [5.74, 6) is -2.43. The van der Waals surface area contributed by atoms with Gasteiger partial charge < -0.3 is 14.6 Å². The average molecular weight is 490 g/mol. The predicted octanol–water partition coefficient (Wildman–Crippen LogP) is 5.19. The van der Waals surface area contributed by atoms with E-state index < -0.39 is 17.5 Å². The SMILES string of the molecule is CN1CCc2cc(F)c(SN)cc21.O=CC1CN(c2c(F)cc(-c3ccccc3F)cc2F)C1. The average Bonchev–Trinajstić information content (AvgIpc) is 3.14. The quantitative estimate of drug-likeness (QED) is 0.311. The fraction of sp³-hybridized carbons (Fsp3) is 0.240. The van der Waals surface area contributed by atoms with E-state index in [0.29, 0.717) is 18.0 Å². The number of carbonyl (C=O) groups is 1. The summed E-state index contributed by atoms with van der Waals surface area (Å²) in [7, 11) is 2.01. The summed E-state index contributed by atoms with van der Waals surface area (Å²) in [6, 6.07) is 11.5. The van der Waals surface area contributed by atoms with Crippen molar-refractivity contribution in [1.82, 2.24) is 0 Å². The van der Waals surface area contributed by atoms with Crippen molar-refractivity contribution in [2.75, 3.05) is 36.5 Å². The van der Waals surface area contributed by atoms with Gasteiger partial charge in [0, 0.05) is 43.9 Å². The Balaban J connectivity index is 0.000000180. The third-order valence-corrected chi connectivity index (χ3v) is 6.57. The van der Waals surface area contributed by atoms with Crippen LogP contribution in [0.25, 0.3) is 11.1 Å². The molecule has 0 saturated carbocycles. The van der Waals surface area contributed by atoms with E-state index >= 15 is 0 Å². The normalized spacial score (nSPS) is 14.9. The molecule has 2 N–H and O–H groups in total. The first kappa shape index (κ1) is 24.1. The molecule has 1 saturated heterocycles. The summed E-state index contributed by atoms with van der Waals surface area (Å²) in [6.45, 7) is 1.57. The van der Waals surface area contributed by atoms with Crippen LogP contribution in [0.15, 0.2) is 53.4 Å². The van der Waals surface area contributed by atoms with Gasteiger partial charge in [-0.15, -0.1) is 0 Å². The molecule has 9 heteroatoms. The lowest BCUT2D eigenvalue weighted by atomic mass is 9.99. The molecule has 0 aliphatic carbocycles. The van der Waals surface area contributed by atoms with Gasteiger partial charge in [-0.3, -0.25) is 5.14 Å². The molecule has 2 aliphatic rings. The molecule has 0 amide bonds. The summed E-state index contributed by atoms with van der Waals surface area (Å²) < 4.78 is 55.2. The molecule has 2 aliphatic heterocycles. The van der Waals surface area contributed by atoms with Gasteiger partial charge in [0.05, 0.1) is 4.90 Å². The molecule has 1 fully saturated rings. The van der Waals surface area contributed by atoms with Gasteiger partial charge in [0.25, 0.3) is 0 Å². The first-order valence-electron chi connectivity index (χ1n) is 10.7. The molecule has 0 aromatic heterocycles. The Labute approximate surface area is 199 Å². The van der Waals surface area contributed by atoms with Crippen molar-refractivity contribution in [1.29, 1.82) is 0 Å². The largest absolute Gasteiger partial charge is 0.374 e. The van der Waals surface area contributed by atoms with E-state index in [0.717, 1.165) is 54.6 Å². The Hall–Kier alpha value is -3.04. The predicted molar refractivity (Wildman–Crippen MR) is 127 cm³/mol. The molecule has 0 bridgehead atoms. The van der Waals surface area contributed by atoms with E-state index in [-0.39, 0.29) is 28.5 Å². The lowest BCUT2D eigenvalue weighted by Crippen LogP contribution is -2.48. The molecule has 0 spiro atoms.